The predicted molar refractivity (Wildman–Crippen MR) is 63.9 cm³/mol. The molecule has 1 unspecified atom stereocenters. The lowest BCUT2D eigenvalue weighted by molar-refractivity contribution is 0.249. The molecule has 0 saturated heterocycles. The van der Waals surface area contributed by atoms with Crippen LogP contribution in [0.25, 0.3) is 0 Å². The fourth-order valence-corrected chi connectivity index (χ4v) is 2.20. The first-order chi connectivity index (χ1) is 7.27. The molecule has 0 aromatic rings. The van der Waals surface area contributed by atoms with Crippen LogP contribution in [0, 0.1) is 17.2 Å². The second kappa shape index (κ2) is 7.09. The van der Waals surface area contributed by atoms with E-state index < -0.39 is 0 Å². The summed E-state index contributed by atoms with van der Waals surface area (Å²) < 4.78 is 0. The van der Waals surface area contributed by atoms with E-state index in [2.05, 4.69) is 17.9 Å². The highest BCUT2D eigenvalue weighted by Gasteiger charge is 2.28. The maximum atomic E-state index is 8.58. The van der Waals surface area contributed by atoms with Gasteiger partial charge in [-0.15, -0.1) is 11.6 Å². The SMILES string of the molecule is CC(CCCl)CCN(CCC#N)C1CC1. The monoisotopic (exact) mass is 228 g/mol. The predicted octanol–water partition coefficient (Wildman–Crippen LogP) is 3.02. The van der Waals surface area contributed by atoms with Crippen LogP contribution in [0.5, 0.6) is 0 Å². The highest BCUT2D eigenvalue weighted by atomic mass is 35.5. The Hall–Kier alpha value is -0.260. The van der Waals surface area contributed by atoms with E-state index in [9.17, 15) is 0 Å². The minimum atomic E-state index is 0.667. The van der Waals surface area contributed by atoms with E-state index in [1.807, 2.05) is 0 Å². The highest BCUT2D eigenvalue weighted by molar-refractivity contribution is 6.17. The quantitative estimate of drug-likeness (QED) is 0.598. The Morgan fingerprint density at radius 3 is 2.67 bits per heavy atom. The summed E-state index contributed by atoms with van der Waals surface area (Å²) in [6, 6.07) is 3.01. The summed E-state index contributed by atoms with van der Waals surface area (Å²) in [4.78, 5) is 2.48. The molecule has 0 spiro atoms. The number of rotatable bonds is 8. The lowest BCUT2D eigenvalue weighted by Gasteiger charge is -2.22. The van der Waals surface area contributed by atoms with Gasteiger partial charge in [0, 0.05) is 24.9 Å². The summed E-state index contributed by atoms with van der Waals surface area (Å²) in [6.45, 7) is 4.36. The highest BCUT2D eigenvalue weighted by Crippen LogP contribution is 2.27. The lowest BCUT2D eigenvalue weighted by atomic mass is 10.0. The van der Waals surface area contributed by atoms with Crippen LogP contribution in [-0.4, -0.2) is 29.9 Å². The molecule has 1 atom stereocenters. The third-order valence-electron chi connectivity index (χ3n) is 3.09. The number of hydrogen-bond acceptors (Lipinski definition) is 2. The van der Waals surface area contributed by atoms with Gasteiger partial charge in [-0.25, -0.2) is 0 Å². The van der Waals surface area contributed by atoms with Crippen molar-refractivity contribution in [3.63, 3.8) is 0 Å². The van der Waals surface area contributed by atoms with Gasteiger partial charge in [0.05, 0.1) is 6.07 Å². The third-order valence-corrected chi connectivity index (χ3v) is 3.30. The molecule has 86 valence electrons. The molecule has 0 aliphatic heterocycles. The molecule has 0 aromatic heterocycles. The molecule has 0 radical (unpaired) electrons. The average Bonchev–Trinajstić information content (AvgIpc) is 3.02. The molecule has 1 fully saturated rings. The van der Waals surface area contributed by atoms with Crippen molar-refractivity contribution in [1.29, 1.82) is 5.26 Å². The van der Waals surface area contributed by atoms with Crippen molar-refractivity contribution in [2.75, 3.05) is 19.0 Å². The van der Waals surface area contributed by atoms with E-state index in [0.717, 1.165) is 31.4 Å². The fraction of sp³-hybridized carbons (Fsp3) is 0.917. The van der Waals surface area contributed by atoms with Crippen LogP contribution in [0.4, 0.5) is 0 Å². The molecule has 2 nitrogen and oxygen atoms in total. The third kappa shape index (κ3) is 5.39. The van der Waals surface area contributed by atoms with Crippen molar-refractivity contribution in [3.05, 3.63) is 0 Å². The van der Waals surface area contributed by atoms with Gasteiger partial charge in [-0.1, -0.05) is 6.92 Å². The van der Waals surface area contributed by atoms with Gasteiger partial charge >= 0.3 is 0 Å². The van der Waals surface area contributed by atoms with Crippen LogP contribution in [0.2, 0.25) is 0 Å². The number of halogens is 1. The summed E-state index contributed by atoms with van der Waals surface area (Å²) in [5, 5.41) is 8.58. The smallest absolute Gasteiger partial charge is 0.0635 e. The summed E-state index contributed by atoms with van der Waals surface area (Å²) in [5.74, 6) is 1.48. The standard InChI is InChI=1S/C12H21ClN2/c1-11(5-7-13)6-10-15(9-2-8-14)12-3-4-12/h11-12H,2-7,9-10H2,1H3. The number of nitriles is 1. The second-order valence-electron chi connectivity index (χ2n) is 4.55. The van der Waals surface area contributed by atoms with Gasteiger partial charge in [0.1, 0.15) is 0 Å². The van der Waals surface area contributed by atoms with Crippen LogP contribution in [0.15, 0.2) is 0 Å². The Morgan fingerprint density at radius 1 is 1.40 bits per heavy atom. The topological polar surface area (TPSA) is 27.0 Å². The minimum absolute atomic E-state index is 0.667. The molecule has 3 heteroatoms. The zero-order valence-electron chi connectivity index (χ0n) is 9.58. The Bertz CT molecular complexity index is 208. The van der Waals surface area contributed by atoms with Gasteiger partial charge in [-0.2, -0.15) is 5.26 Å². The number of hydrogen-bond donors (Lipinski definition) is 0. The summed E-state index contributed by atoms with van der Waals surface area (Å²) in [6.07, 6.45) is 5.65. The zero-order chi connectivity index (χ0) is 11.1. The largest absolute Gasteiger partial charge is 0.299 e. The molecular weight excluding hydrogens is 208 g/mol. The van der Waals surface area contributed by atoms with E-state index >= 15 is 0 Å². The van der Waals surface area contributed by atoms with E-state index in [4.69, 9.17) is 16.9 Å². The second-order valence-corrected chi connectivity index (χ2v) is 4.92. The molecule has 0 amide bonds. The normalized spacial score (nSPS) is 17.7. The summed E-state index contributed by atoms with van der Waals surface area (Å²) in [5.41, 5.74) is 0. The molecule has 0 bridgehead atoms. The summed E-state index contributed by atoms with van der Waals surface area (Å²) in [7, 11) is 0. The molecule has 0 aromatic carbocycles. The molecule has 1 saturated carbocycles. The number of nitrogens with zero attached hydrogens (tertiary/aromatic N) is 2. The Morgan fingerprint density at radius 2 is 2.13 bits per heavy atom. The van der Waals surface area contributed by atoms with Crippen LogP contribution in [-0.2, 0) is 0 Å². The Labute approximate surface area is 98.2 Å². The van der Waals surface area contributed by atoms with Gasteiger partial charge in [0.2, 0.25) is 0 Å². The zero-order valence-corrected chi connectivity index (χ0v) is 10.3. The van der Waals surface area contributed by atoms with E-state index in [1.165, 1.54) is 19.3 Å². The Kier molecular flexibility index (Phi) is 6.05. The minimum Gasteiger partial charge on any atom is -0.299 e. The average molecular weight is 229 g/mol. The molecule has 0 heterocycles. The van der Waals surface area contributed by atoms with Crippen molar-refractivity contribution in [2.24, 2.45) is 5.92 Å². The molecule has 0 N–H and O–H groups in total. The van der Waals surface area contributed by atoms with Crippen molar-refractivity contribution >= 4 is 11.6 Å². The maximum absolute atomic E-state index is 8.58. The van der Waals surface area contributed by atoms with Crippen molar-refractivity contribution in [2.45, 2.75) is 45.1 Å². The maximum Gasteiger partial charge on any atom is 0.0635 e. The first-order valence-corrected chi connectivity index (χ1v) is 6.48. The first kappa shape index (κ1) is 12.8. The van der Waals surface area contributed by atoms with E-state index in [-0.39, 0.29) is 0 Å². The van der Waals surface area contributed by atoms with Crippen molar-refractivity contribution < 1.29 is 0 Å². The molecule has 1 rings (SSSR count). The fourth-order valence-electron chi connectivity index (χ4n) is 1.83. The first-order valence-electron chi connectivity index (χ1n) is 5.95. The van der Waals surface area contributed by atoms with Crippen LogP contribution in [0.1, 0.15) is 39.0 Å². The van der Waals surface area contributed by atoms with Crippen LogP contribution >= 0.6 is 11.6 Å². The van der Waals surface area contributed by atoms with E-state index in [0.29, 0.717) is 12.3 Å². The summed E-state index contributed by atoms with van der Waals surface area (Å²) >= 11 is 5.71. The van der Waals surface area contributed by atoms with E-state index in [1.54, 1.807) is 0 Å². The van der Waals surface area contributed by atoms with Crippen LogP contribution in [0.3, 0.4) is 0 Å². The molecule has 1 aliphatic carbocycles. The molecular formula is C12H21ClN2. The van der Waals surface area contributed by atoms with Gasteiger partial charge in [-0.3, -0.25) is 4.90 Å². The molecule has 15 heavy (non-hydrogen) atoms. The lowest BCUT2D eigenvalue weighted by Crippen LogP contribution is -2.29. The molecule has 1 aliphatic rings. The van der Waals surface area contributed by atoms with Gasteiger partial charge in [0.15, 0.2) is 0 Å². The number of alkyl halides is 1. The Balaban J connectivity index is 2.16. The van der Waals surface area contributed by atoms with Crippen LogP contribution < -0.4 is 0 Å². The van der Waals surface area contributed by atoms with Gasteiger partial charge < -0.3 is 0 Å². The van der Waals surface area contributed by atoms with Gasteiger partial charge in [-0.05, 0) is 38.1 Å². The van der Waals surface area contributed by atoms with Crippen molar-refractivity contribution in [3.8, 4) is 6.07 Å². The van der Waals surface area contributed by atoms with Crippen molar-refractivity contribution in [1.82, 2.24) is 4.90 Å². The van der Waals surface area contributed by atoms with Gasteiger partial charge in [0.25, 0.3) is 0 Å².